The van der Waals surface area contributed by atoms with E-state index in [1.807, 2.05) is 36.8 Å². The number of rotatable bonds is 4. The normalized spacial score (nSPS) is 16.3. The highest BCUT2D eigenvalue weighted by atomic mass is 16.4. The molecular formula is C15H16N2O2. The van der Waals surface area contributed by atoms with Gasteiger partial charge < -0.3 is 9.67 Å². The van der Waals surface area contributed by atoms with Gasteiger partial charge >= 0.3 is 5.97 Å². The number of carboxylic acid groups (broad SMARTS) is 1. The van der Waals surface area contributed by atoms with Crippen molar-refractivity contribution in [3.8, 4) is 11.3 Å². The first kappa shape index (κ1) is 12.0. The van der Waals surface area contributed by atoms with Gasteiger partial charge in [-0.25, -0.2) is 4.98 Å². The number of carboxylic acids is 1. The zero-order valence-electron chi connectivity index (χ0n) is 10.8. The van der Waals surface area contributed by atoms with Crippen molar-refractivity contribution in [1.29, 1.82) is 0 Å². The Morgan fingerprint density at radius 3 is 2.63 bits per heavy atom. The van der Waals surface area contributed by atoms with Crippen LogP contribution in [-0.2, 0) is 4.79 Å². The molecule has 1 aliphatic carbocycles. The zero-order chi connectivity index (χ0) is 13.4. The highest BCUT2D eigenvalue weighted by Gasteiger charge is 2.25. The molecule has 0 spiro atoms. The third-order valence-corrected chi connectivity index (χ3v) is 3.68. The molecule has 19 heavy (non-hydrogen) atoms. The highest BCUT2D eigenvalue weighted by molar-refractivity contribution is 5.76. The molecule has 4 heteroatoms. The second-order valence-electron chi connectivity index (χ2n) is 5.10. The maximum absolute atomic E-state index is 11.0. The van der Waals surface area contributed by atoms with Crippen molar-refractivity contribution in [1.82, 2.24) is 9.55 Å². The van der Waals surface area contributed by atoms with Crippen LogP contribution < -0.4 is 0 Å². The van der Waals surface area contributed by atoms with Gasteiger partial charge in [-0.2, -0.15) is 0 Å². The van der Waals surface area contributed by atoms with Crippen molar-refractivity contribution in [2.75, 3.05) is 0 Å². The van der Waals surface area contributed by atoms with Gasteiger partial charge in [0.2, 0.25) is 0 Å². The van der Waals surface area contributed by atoms with Gasteiger partial charge in [0, 0.05) is 6.04 Å². The van der Waals surface area contributed by atoms with E-state index < -0.39 is 11.9 Å². The number of hydrogen-bond acceptors (Lipinski definition) is 2. The lowest BCUT2D eigenvalue weighted by Crippen LogP contribution is -2.07. The summed E-state index contributed by atoms with van der Waals surface area (Å²) in [4.78, 5) is 15.2. The summed E-state index contributed by atoms with van der Waals surface area (Å²) >= 11 is 0. The van der Waals surface area contributed by atoms with Crippen LogP contribution >= 0.6 is 0 Å². The number of aliphatic carboxylic acids is 1. The molecular weight excluding hydrogens is 240 g/mol. The number of nitrogens with zero attached hydrogens (tertiary/aromatic N) is 2. The van der Waals surface area contributed by atoms with Gasteiger partial charge in [-0.15, -0.1) is 0 Å². The van der Waals surface area contributed by atoms with Crippen molar-refractivity contribution < 1.29 is 9.90 Å². The number of aromatic nitrogens is 2. The molecule has 1 saturated carbocycles. The summed E-state index contributed by atoms with van der Waals surface area (Å²) in [6.07, 6.45) is 6.18. The van der Waals surface area contributed by atoms with Gasteiger partial charge in [-0.1, -0.05) is 24.3 Å². The lowest BCUT2D eigenvalue weighted by atomic mass is 9.99. The fourth-order valence-corrected chi connectivity index (χ4v) is 2.26. The molecule has 1 atom stereocenters. The predicted molar refractivity (Wildman–Crippen MR) is 72.0 cm³/mol. The maximum atomic E-state index is 11.0. The van der Waals surface area contributed by atoms with Gasteiger partial charge in [-0.3, -0.25) is 4.79 Å². The monoisotopic (exact) mass is 256 g/mol. The Hall–Kier alpha value is -2.10. The van der Waals surface area contributed by atoms with E-state index in [4.69, 9.17) is 5.11 Å². The number of hydrogen-bond donors (Lipinski definition) is 1. The van der Waals surface area contributed by atoms with Crippen molar-refractivity contribution in [3.05, 3.63) is 42.4 Å². The van der Waals surface area contributed by atoms with Crippen LogP contribution in [0.25, 0.3) is 11.3 Å². The van der Waals surface area contributed by atoms with Crippen LogP contribution in [0.2, 0.25) is 0 Å². The smallest absolute Gasteiger partial charge is 0.310 e. The first-order chi connectivity index (χ1) is 9.16. The molecule has 1 N–H and O–H groups in total. The summed E-state index contributed by atoms with van der Waals surface area (Å²) in [6, 6.07) is 8.32. The lowest BCUT2D eigenvalue weighted by molar-refractivity contribution is -0.138. The van der Waals surface area contributed by atoms with Crippen LogP contribution in [0.4, 0.5) is 0 Å². The third kappa shape index (κ3) is 2.26. The summed E-state index contributed by atoms with van der Waals surface area (Å²) in [5, 5.41) is 9.00. The summed E-state index contributed by atoms with van der Waals surface area (Å²) < 4.78 is 2.20. The quantitative estimate of drug-likeness (QED) is 0.914. The van der Waals surface area contributed by atoms with Gasteiger partial charge in [0.25, 0.3) is 0 Å². The van der Waals surface area contributed by atoms with Crippen LogP contribution in [-0.4, -0.2) is 20.6 Å². The molecule has 0 aliphatic heterocycles. The highest BCUT2D eigenvalue weighted by Crippen LogP contribution is 2.38. The van der Waals surface area contributed by atoms with E-state index in [1.54, 1.807) is 6.92 Å². The molecule has 0 radical (unpaired) electrons. The van der Waals surface area contributed by atoms with Crippen molar-refractivity contribution in [3.63, 3.8) is 0 Å². The topological polar surface area (TPSA) is 55.1 Å². The number of imidazole rings is 1. The molecule has 1 heterocycles. The van der Waals surface area contributed by atoms with E-state index >= 15 is 0 Å². The molecule has 2 aromatic rings. The Kier molecular flexibility index (Phi) is 2.85. The molecule has 98 valence electrons. The average molecular weight is 256 g/mol. The second kappa shape index (κ2) is 4.53. The third-order valence-electron chi connectivity index (χ3n) is 3.68. The molecule has 1 aliphatic rings. The molecule has 0 bridgehead atoms. The minimum absolute atomic E-state index is 0.470. The standard InChI is InChI=1S/C15H16N2O2/c1-10(15(18)19)11-2-4-12(5-3-11)14-8-16-9-17(14)13-6-7-13/h2-5,8-10,13H,6-7H2,1H3,(H,18,19). The zero-order valence-corrected chi connectivity index (χ0v) is 10.8. The molecule has 1 unspecified atom stereocenters. The van der Waals surface area contributed by atoms with Crippen LogP contribution in [0.3, 0.4) is 0 Å². The minimum atomic E-state index is -0.796. The van der Waals surface area contributed by atoms with Crippen molar-refractivity contribution >= 4 is 5.97 Å². The molecule has 1 fully saturated rings. The second-order valence-corrected chi connectivity index (χ2v) is 5.10. The Balaban J connectivity index is 1.89. The first-order valence-corrected chi connectivity index (χ1v) is 6.52. The van der Waals surface area contributed by atoms with E-state index in [2.05, 4.69) is 9.55 Å². The largest absolute Gasteiger partial charge is 0.481 e. The van der Waals surface area contributed by atoms with E-state index in [0.29, 0.717) is 6.04 Å². The van der Waals surface area contributed by atoms with Crippen LogP contribution in [0, 0.1) is 0 Å². The summed E-state index contributed by atoms with van der Waals surface area (Å²) in [5.41, 5.74) is 3.02. The summed E-state index contributed by atoms with van der Waals surface area (Å²) in [7, 11) is 0. The molecule has 0 saturated heterocycles. The number of carbonyl (C=O) groups is 1. The van der Waals surface area contributed by atoms with E-state index in [9.17, 15) is 4.79 Å². The van der Waals surface area contributed by atoms with Gasteiger partial charge in [-0.05, 0) is 30.9 Å². The van der Waals surface area contributed by atoms with E-state index in [0.717, 1.165) is 16.8 Å². The Bertz CT molecular complexity index is 597. The SMILES string of the molecule is CC(C(=O)O)c1ccc(-c2cncn2C2CC2)cc1. The maximum Gasteiger partial charge on any atom is 0.310 e. The molecule has 0 amide bonds. The molecule has 3 rings (SSSR count). The fraction of sp³-hybridized carbons (Fsp3) is 0.333. The van der Waals surface area contributed by atoms with Gasteiger partial charge in [0.1, 0.15) is 0 Å². The van der Waals surface area contributed by atoms with Crippen LogP contribution in [0.15, 0.2) is 36.8 Å². The van der Waals surface area contributed by atoms with Crippen molar-refractivity contribution in [2.24, 2.45) is 0 Å². The lowest BCUT2D eigenvalue weighted by Gasteiger charge is -2.09. The minimum Gasteiger partial charge on any atom is -0.481 e. The number of benzene rings is 1. The molecule has 4 nitrogen and oxygen atoms in total. The van der Waals surface area contributed by atoms with E-state index in [1.165, 1.54) is 12.8 Å². The summed E-state index contributed by atoms with van der Waals surface area (Å²) in [6.45, 7) is 1.70. The molecule has 1 aromatic carbocycles. The first-order valence-electron chi connectivity index (χ1n) is 6.52. The van der Waals surface area contributed by atoms with E-state index in [-0.39, 0.29) is 0 Å². The average Bonchev–Trinajstić information content (AvgIpc) is 3.15. The van der Waals surface area contributed by atoms with Crippen LogP contribution in [0.1, 0.15) is 37.3 Å². The predicted octanol–water partition coefficient (Wildman–Crippen LogP) is 3.07. The van der Waals surface area contributed by atoms with Crippen molar-refractivity contribution in [2.45, 2.75) is 31.7 Å². The van der Waals surface area contributed by atoms with Gasteiger partial charge in [0.15, 0.2) is 0 Å². The van der Waals surface area contributed by atoms with Gasteiger partial charge in [0.05, 0.1) is 24.1 Å². The molecule has 1 aromatic heterocycles. The fourth-order valence-electron chi connectivity index (χ4n) is 2.26. The Morgan fingerprint density at radius 2 is 2.05 bits per heavy atom. The summed E-state index contributed by atoms with van der Waals surface area (Å²) in [5.74, 6) is -1.27. The Labute approximate surface area is 111 Å². The Morgan fingerprint density at radius 1 is 1.37 bits per heavy atom. The van der Waals surface area contributed by atoms with Crippen LogP contribution in [0.5, 0.6) is 0 Å².